The Labute approximate surface area is 122 Å². The molecule has 0 N–H and O–H groups in total. The van der Waals surface area contributed by atoms with Crippen LogP contribution in [0.5, 0.6) is 0 Å². The van der Waals surface area contributed by atoms with Gasteiger partial charge in [-0.05, 0) is 12.1 Å². The molecule has 0 aliphatic carbocycles. The van der Waals surface area contributed by atoms with Gasteiger partial charge in [-0.15, -0.1) is 0 Å². The number of benzene rings is 1. The molecule has 0 atom stereocenters. The molecule has 2 rings (SSSR count). The van der Waals surface area contributed by atoms with E-state index in [9.17, 15) is 13.6 Å². The first-order valence-corrected chi connectivity index (χ1v) is 6.91. The normalized spacial score (nSPS) is 15.9. The van der Waals surface area contributed by atoms with Crippen molar-refractivity contribution in [3.63, 3.8) is 0 Å². The molecule has 1 aliphatic heterocycles. The molecule has 4 nitrogen and oxygen atoms in total. The summed E-state index contributed by atoms with van der Waals surface area (Å²) < 4.78 is 38.0. The molecule has 1 aromatic rings. The molecule has 1 aliphatic rings. The van der Waals surface area contributed by atoms with Gasteiger partial charge in [0.05, 0.1) is 26.7 Å². The van der Waals surface area contributed by atoms with Crippen LogP contribution in [0, 0.1) is 0 Å². The maximum Gasteiger partial charge on any atom is 0.305 e. The van der Waals surface area contributed by atoms with Gasteiger partial charge in [0.15, 0.2) is 0 Å². The van der Waals surface area contributed by atoms with Crippen molar-refractivity contribution in [1.82, 2.24) is 0 Å². The summed E-state index contributed by atoms with van der Waals surface area (Å²) in [7, 11) is 1.19. The number of esters is 1. The van der Waals surface area contributed by atoms with E-state index in [2.05, 4.69) is 4.74 Å². The van der Waals surface area contributed by atoms with Crippen LogP contribution in [-0.4, -0.2) is 39.4 Å². The van der Waals surface area contributed by atoms with Gasteiger partial charge in [0, 0.05) is 30.8 Å². The van der Waals surface area contributed by atoms with Crippen LogP contribution in [0.2, 0.25) is 0 Å². The van der Waals surface area contributed by atoms with Crippen LogP contribution in [0.3, 0.4) is 0 Å². The first-order valence-electron chi connectivity index (χ1n) is 6.91. The number of ether oxygens (including phenoxy) is 2. The first-order chi connectivity index (χ1) is 10.0. The number of carbonyl (C=O) groups is 1. The first kappa shape index (κ1) is 15.7. The van der Waals surface area contributed by atoms with Crippen LogP contribution < -0.4 is 4.90 Å². The topological polar surface area (TPSA) is 38.8 Å². The van der Waals surface area contributed by atoms with E-state index in [0.717, 1.165) is 5.69 Å². The lowest BCUT2D eigenvalue weighted by molar-refractivity contribution is -0.143. The van der Waals surface area contributed by atoms with Crippen LogP contribution >= 0.6 is 0 Å². The average Bonchev–Trinajstić information content (AvgIpc) is 2.53. The SMILES string of the molecule is COC(=O)CCC(F)(F)c1cccc(N2CCOCC2)c1. The van der Waals surface area contributed by atoms with Crippen molar-refractivity contribution in [1.29, 1.82) is 0 Å². The van der Waals surface area contributed by atoms with Gasteiger partial charge in [0.2, 0.25) is 0 Å². The van der Waals surface area contributed by atoms with E-state index in [1.165, 1.54) is 19.2 Å². The number of halogens is 2. The summed E-state index contributed by atoms with van der Waals surface area (Å²) in [5.41, 5.74) is 0.684. The molecular weight excluding hydrogens is 280 g/mol. The van der Waals surface area contributed by atoms with Crippen LogP contribution in [0.4, 0.5) is 14.5 Å². The summed E-state index contributed by atoms with van der Waals surface area (Å²) in [6.45, 7) is 2.58. The van der Waals surface area contributed by atoms with Crippen molar-refractivity contribution in [3.8, 4) is 0 Å². The van der Waals surface area contributed by atoms with Gasteiger partial charge < -0.3 is 14.4 Å². The summed E-state index contributed by atoms with van der Waals surface area (Å²) >= 11 is 0. The van der Waals surface area contributed by atoms with Crippen LogP contribution in [0.1, 0.15) is 18.4 Å². The Morgan fingerprint density at radius 2 is 2.10 bits per heavy atom. The zero-order valence-corrected chi connectivity index (χ0v) is 12.0. The summed E-state index contributed by atoms with van der Waals surface area (Å²) in [4.78, 5) is 13.0. The highest BCUT2D eigenvalue weighted by molar-refractivity contribution is 5.69. The summed E-state index contributed by atoms with van der Waals surface area (Å²) in [5, 5.41) is 0. The molecule has 0 radical (unpaired) electrons. The second-order valence-electron chi connectivity index (χ2n) is 4.93. The van der Waals surface area contributed by atoms with Gasteiger partial charge in [0.25, 0.3) is 5.92 Å². The predicted octanol–water partition coefficient (Wildman–Crippen LogP) is 2.57. The zero-order chi connectivity index (χ0) is 15.3. The number of morpholine rings is 1. The van der Waals surface area contributed by atoms with Crippen LogP contribution in [0.25, 0.3) is 0 Å². The Morgan fingerprint density at radius 3 is 2.76 bits per heavy atom. The minimum Gasteiger partial charge on any atom is -0.469 e. The van der Waals surface area contributed by atoms with Gasteiger partial charge >= 0.3 is 5.97 Å². The molecule has 0 aromatic heterocycles. The second-order valence-corrected chi connectivity index (χ2v) is 4.93. The molecule has 1 heterocycles. The number of nitrogens with zero attached hydrogens (tertiary/aromatic N) is 1. The highest BCUT2D eigenvalue weighted by Gasteiger charge is 2.32. The minimum absolute atomic E-state index is 0.0737. The fraction of sp³-hybridized carbons (Fsp3) is 0.533. The van der Waals surface area contributed by atoms with E-state index in [0.29, 0.717) is 26.3 Å². The maximum absolute atomic E-state index is 14.1. The van der Waals surface area contributed by atoms with Gasteiger partial charge in [-0.2, -0.15) is 0 Å². The Morgan fingerprint density at radius 1 is 1.38 bits per heavy atom. The van der Waals surface area contributed by atoms with Crippen molar-refractivity contribution >= 4 is 11.7 Å². The molecule has 0 unspecified atom stereocenters. The van der Waals surface area contributed by atoms with Crippen LogP contribution in [-0.2, 0) is 20.2 Å². The molecule has 1 saturated heterocycles. The smallest absolute Gasteiger partial charge is 0.305 e. The number of alkyl halides is 2. The lowest BCUT2D eigenvalue weighted by Crippen LogP contribution is -2.36. The number of anilines is 1. The molecule has 0 amide bonds. The van der Waals surface area contributed by atoms with Gasteiger partial charge in [-0.3, -0.25) is 4.79 Å². The van der Waals surface area contributed by atoms with Crippen molar-refractivity contribution < 1.29 is 23.0 Å². The van der Waals surface area contributed by atoms with Gasteiger partial charge in [0.1, 0.15) is 0 Å². The lowest BCUT2D eigenvalue weighted by Gasteiger charge is -2.29. The third-order valence-corrected chi connectivity index (χ3v) is 3.52. The number of hydrogen-bond donors (Lipinski definition) is 0. The highest BCUT2D eigenvalue weighted by atomic mass is 19.3. The number of hydrogen-bond acceptors (Lipinski definition) is 4. The number of carbonyl (C=O) groups excluding carboxylic acids is 1. The number of methoxy groups -OCH3 is 1. The standard InChI is InChI=1S/C15H19F2NO3/c1-20-14(19)5-6-15(16,17)12-3-2-4-13(11-12)18-7-9-21-10-8-18/h2-4,11H,5-10H2,1H3. The fourth-order valence-corrected chi connectivity index (χ4v) is 2.26. The average molecular weight is 299 g/mol. The third-order valence-electron chi connectivity index (χ3n) is 3.52. The fourth-order valence-electron chi connectivity index (χ4n) is 2.26. The van der Waals surface area contributed by atoms with Crippen molar-refractivity contribution in [3.05, 3.63) is 29.8 Å². The van der Waals surface area contributed by atoms with E-state index in [1.54, 1.807) is 6.07 Å². The lowest BCUT2D eigenvalue weighted by atomic mass is 10.0. The molecule has 116 valence electrons. The third kappa shape index (κ3) is 4.14. The number of rotatable bonds is 5. The monoisotopic (exact) mass is 299 g/mol. The molecule has 21 heavy (non-hydrogen) atoms. The van der Waals surface area contributed by atoms with Crippen molar-refractivity contribution in [2.75, 3.05) is 38.3 Å². The molecule has 1 aromatic carbocycles. The zero-order valence-electron chi connectivity index (χ0n) is 12.0. The molecule has 0 bridgehead atoms. The van der Waals surface area contributed by atoms with Gasteiger partial charge in [-0.1, -0.05) is 12.1 Å². The molecule has 1 fully saturated rings. The second kappa shape index (κ2) is 6.85. The molecule has 0 spiro atoms. The quantitative estimate of drug-likeness (QED) is 0.783. The largest absolute Gasteiger partial charge is 0.469 e. The predicted molar refractivity (Wildman–Crippen MR) is 74.6 cm³/mol. The summed E-state index contributed by atoms with van der Waals surface area (Å²) in [6.07, 6.45) is -0.850. The van der Waals surface area contributed by atoms with E-state index < -0.39 is 18.3 Å². The van der Waals surface area contributed by atoms with Crippen LogP contribution in [0.15, 0.2) is 24.3 Å². The summed E-state index contributed by atoms with van der Waals surface area (Å²) in [6, 6.07) is 6.31. The summed E-state index contributed by atoms with van der Waals surface area (Å²) in [5.74, 6) is -3.67. The molecular formula is C15H19F2NO3. The van der Waals surface area contributed by atoms with E-state index in [4.69, 9.17) is 4.74 Å². The maximum atomic E-state index is 14.1. The Kier molecular flexibility index (Phi) is 5.12. The Hall–Kier alpha value is -1.69. The Balaban J connectivity index is 2.09. The van der Waals surface area contributed by atoms with E-state index in [-0.39, 0.29) is 12.0 Å². The van der Waals surface area contributed by atoms with E-state index >= 15 is 0 Å². The highest BCUT2D eigenvalue weighted by Crippen LogP contribution is 2.35. The Bertz CT molecular complexity index is 488. The molecule has 6 heteroatoms. The van der Waals surface area contributed by atoms with Crippen molar-refractivity contribution in [2.24, 2.45) is 0 Å². The minimum atomic E-state index is -3.05. The molecule has 0 saturated carbocycles. The van der Waals surface area contributed by atoms with Gasteiger partial charge in [-0.25, -0.2) is 8.78 Å². The van der Waals surface area contributed by atoms with E-state index in [1.807, 2.05) is 11.0 Å². The van der Waals surface area contributed by atoms with Crippen molar-refractivity contribution in [2.45, 2.75) is 18.8 Å².